The van der Waals surface area contributed by atoms with Gasteiger partial charge in [0.1, 0.15) is 5.82 Å². The SMILES string of the molecule is O=C1c2cc(F)c(F)cc2C(=O)N1c1ccc(Br)cn1. The van der Waals surface area contributed by atoms with Crippen LogP contribution in [-0.4, -0.2) is 16.8 Å². The van der Waals surface area contributed by atoms with E-state index in [1.54, 1.807) is 6.07 Å². The molecule has 4 nitrogen and oxygen atoms in total. The highest BCUT2D eigenvalue weighted by Crippen LogP contribution is 2.29. The van der Waals surface area contributed by atoms with E-state index < -0.39 is 23.4 Å². The molecule has 2 heterocycles. The Morgan fingerprint density at radius 1 is 1.00 bits per heavy atom. The Morgan fingerprint density at radius 2 is 1.55 bits per heavy atom. The van der Waals surface area contributed by atoms with Crippen LogP contribution in [0.4, 0.5) is 14.6 Å². The zero-order chi connectivity index (χ0) is 14.4. The highest BCUT2D eigenvalue weighted by Gasteiger charge is 2.38. The van der Waals surface area contributed by atoms with Crippen molar-refractivity contribution in [3.05, 3.63) is 57.7 Å². The summed E-state index contributed by atoms with van der Waals surface area (Å²) in [6.07, 6.45) is 1.42. The van der Waals surface area contributed by atoms with E-state index in [0.717, 1.165) is 17.0 Å². The summed E-state index contributed by atoms with van der Waals surface area (Å²) in [6, 6.07) is 4.51. The Hall–Kier alpha value is -2.15. The second-order valence-electron chi connectivity index (χ2n) is 4.09. The zero-order valence-corrected chi connectivity index (χ0v) is 11.3. The molecule has 0 radical (unpaired) electrons. The summed E-state index contributed by atoms with van der Waals surface area (Å²) < 4.78 is 27.0. The lowest BCUT2D eigenvalue weighted by Crippen LogP contribution is -2.30. The first-order valence-corrected chi connectivity index (χ1v) is 6.27. The van der Waals surface area contributed by atoms with Gasteiger partial charge in [-0.15, -0.1) is 0 Å². The van der Waals surface area contributed by atoms with E-state index in [2.05, 4.69) is 20.9 Å². The van der Waals surface area contributed by atoms with Crippen LogP contribution in [0.1, 0.15) is 20.7 Å². The summed E-state index contributed by atoms with van der Waals surface area (Å²) >= 11 is 3.18. The third-order valence-electron chi connectivity index (χ3n) is 2.87. The summed E-state index contributed by atoms with van der Waals surface area (Å²) in [4.78, 5) is 29.0. The molecule has 3 rings (SSSR count). The van der Waals surface area contributed by atoms with Gasteiger partial charge in [0.25, 0.3) is 11.8 Å². The van der Waals surface area contributed by atoms with Crippen molar-refractivity contribution >= 4 is 33.6 Å². The predicted molar refractivity (Wildman–Crippen MR) is 69.4 cm³/mol. The average molecular weight is 339 g/mol. The van der Waals surface area contributed by atoms with Gasteiger partial charge < -0.3 is 0 Å². The quantitative estimate of drug-likeness (QED) is 0.751. The summed E-state index contributed by atoms with van der Waals surface area (Å²) in [5, 5.41) is 0. The number of rotatable bonds is 1. The molecule has 2 amide bonds. The molecule has 0 atom stereocenters. The second-order valence-corrected chi connectivity index (χ2v) is 5.01. The van der Waals surface area contributed by atoms with Gasteiger partial charge in [-0.3, -0.25) is 9.59 Å². The molecule has 0 aliphatic carbocycles. The number of carbonyl (C=O) groups is 2. The predicted octanol–water partition coefficient (Wildman–Crippen LogP) is 2.92. The Morgan fingerprint density at radius 3 is 2.00 bits per heavy atom. The highest BCUT2D eigenvalue weighted by molar-refractivity contribution is 9.10. The standard InChI is InChI=1S/C13H5BrF2N2O2/c14-6-1-2-11(17-5-6)18-12(19)7-3-9(15)10(16)4-8(7)13(18)20/h1-5H. The van der Waals surface area contributed by atoms with E-state index in [1.807, 2.05) is 0 Å². The third kappa shape index (κ3) is 1.82. The summed E-state index contributed by atoms with van der Waals surface area (Å²) in [5.74, 6) is -3.69. The van der Waals surface area contributed by atoms with Crippen LogP contribution >= 0.6 is 15.9 Å². The largest absolute Gasteiger partial charge is 0.268 e. The maximum Gasteiger partial charge on any atom is 0.267 e. The van der Waals surface area contributed by atoms with Gasteiger partial charge in [0.05, 0.1) is 11.1 Å². The monoisotopic (exact) mass is 338 g/mol. The van der Waals surface area contributed by atoms with Crippen LogP contribution in [0.3, 0.4) is 0 Å². The topological polar surface area (TPSA) is 50.3 Å². The Kier molecular flexibility index (Phi) is 2.86. The molecule has 100 valence electrons. The van der Waals surface area contributed by atoms with E-state index in [0.29, 0.717) is 4.47 Å². The fourth-order valence-corrected chi connectivity index (χ4v) is 2.18. The van der Waals surface area contributed by atoms with Crippen molar-refractivity contribution in [2.75, 3.05) is 4.90 Å². The highest BCUT2D eigenvalue weighted by atomic mass is 79.9. The number of aromatic nitrogens is 1. The lowest BCUT2D eigenvalue weighted by Gasteiger charge is -2.12. The molecule has 0 saturated heterocycles. The number of halogens is 3. The number of imide groups is 1. The first-order chi connectivity index (χ1) is 9.49. The van der Waals surface area contributed by atoms with Crippen LogP contribution in [0.2, 0.25) is 0 Å². The average Bonchev–Trinajstić information content (AvgIpc) is 2.65. The maximum absolute atomic E-state index is 13.2. The van der Waals surface area contributed by atoms with Crippen molar-refractivity contribution in [2.45, 2.75) is 0 Å². The maximum atomic E-state index is 13.2. The molecule has 20 heavy (non-hydrogen) atoms. The van der Waals surface area contributed by atoms with E-state index in [4.69, 9.17) is 0 Å². The summed E-state index contributed by atoms with van der Waals surface area (Å²) in [5.41, 5.74) is -0.336. The van der Waals surface area contributed by atoms with E-state index >= 15 is 0 Å². The Bertz CT molecular complexity index is 706. The van der Waals surface area contributed by atoms with Gasteiger partial charge in [0.2, 0.25) is 0 Å². The molecule has 0 spiro atoms. The Labute approximate surface area is 120 Å². The van der Waals surface area contributed by atoms with Crippen LogP contribution in [0, 0.1) is 11.6 Å². The number of hydrogen-bond acceptors (Lipinski definition) is 3. The third-order valence-corrected chi connectivity index (χ3v) is 3.34. The Balaban J connectivity index is 2.12. The number of amides is 2. The van der Waals surface area contributed by atoms with Gasteiger partial charge in [-0.1, -0.05) is 0 Å². The molecule has 1 aromatic carbocycles. The van der Waals surface area contributed by atoms with Crippen LogP contribution < -0.4 is 4.90 Å². The van der Waals surface area contributed by atoms with Gasteiger partial charge in [-0.25, -0.2) is 18.7 Å². The van der Waals surface area contributed by atoms with Crippen molar-refractivity contribution in [2.24, 2.45) is 0 Å². The van der Waals surface area contributed by atoms with Gasteiger partial charge in [0, 0.05) is 10.7 Å². The molecule has 2 aromatic rings. The fraction of sp³-hybridized carbons (Fsp3) is 0. The molecule has 1 aromatic heterocycles. The second kappa shape index (κ2) is 4.45. The van der Waals surface area contributed by atoms with Gasteiger partial charge in [-0.2, -0.15) is 0 Å². The normalized spacial score (nSPS) is 13.8. The zero-order valence-electron chi connectivity index (χ0n) is 9.73. The fourth-order valence-electron chi connectivity index (χ4n) is 1.94. The van der Waals surface area contributed by atoms with Crippen molar-refractivity contribution in [3.63, 3.8) is 0 Å². The lowest BCUT2D eigenvalue weighted by atomic mass is 10.1. The molecular weight excluding hydrogens is 334 g/mol. The molecule has 0 unspecified atom stereocenters. The number of fused-ring (bicyclic) bond motifs is 1. The number of benzene rings is 1. The van der Waals surface area contributed by atoms with Crippen molar-refractivity contribution in [1.82, 2.24) is 4.98 Å². The van der Waals surface area contributed by atoms with E-state index in [1.165, 1.54) is 12.3 Å². The number of anilines is 1. The number of pyridine rings is 1. The van der Waals surface area contributed by atoms with E-state index in [-0.39, 0.29) is 16.9 Å². The molecule has 0 saturated carbocycles. The van der Waals surface area contributed by atoms with Gasteiger partial charge >= 0.3 is 0 Å². The number of hydrogen-bond donors (Lipinski definition) is 0. The van der Waals surface area contributed by atoms with E-state index in [9.17, 15) is 18.4 Å². The van der Waals surface area contributed by atoms with Crippen molar-refractivity contribution < 1.29 is 18.4 Å². The van der Waals surface area contributed by atoms with Crippen LogP contribution in [-0.2, 0) is 0 Å². The van der Waals surface area contributed by atoms with Crippen LogP contribution in [0.25, 0.3) is 0 Å². The molecule has 1 aliphatic rings. The summed E-state index contributed by atoms with van der Waals surface area (Å²) in [6.45, 7) is 0. The summed E-state index contributed by atoms with van der Waals surface area (Å²) in [7, 11) is 0. The first-order valence-electron chi connectivity index (χ1n) is 5.48. The number of nitrogens with zero attached hydrogens (tertiary/aromatic N) is 2. The van der Waals surface area contributed by atoms with Gasteiger partial charge in [-0.05, 0) is 40.2 Å². The molecule has 0 bridgehead atoms. The molecule has 1 aliphatic heterocycles. The lowest BCUT2D eigenvalue weighted by molar-refractivity contribution is 0.0925. The van der Waals surface area contributed by atoms with Crippen molar-refractivity contribution in [3.8, 4) is 0 Å². The van der Waals surface area contributed by atoms with Crippen molar-refractivity contribution in [1.29, 1.82) is 0 Å². The van der Waals surface area contributed by atoms with Gasteiger partial charge in [0.15, 0.2) is 11.6 Å². The molecule has 0 N–H and O–H groups in total. The smallest absolute Gasteiger partial charge is 0.267 e. The first kappa shape index (κ1) is 12.9. The molecule has 7 heteroatoms. The van der Waals surface area contributed by atoms with Crippen LogP contribution in [0.5, 0.6) is 0 Å². The minimum Gasteiger partial charge on any atom is -0.268 e. The minimum absolute atomic E-state index is 0.0974. The molecular formula is C13H5BrF2N2O2. The minimum atomic E-state index is -1.17. The molecule has 0 fully saturated rings. The van der Waals surface area contributed by atoms with Crippen LogP contribution in [0.15, 0.2) is 34.9 Å². The number of carbonyl (C=O) groups excluding carboxylic acids is 2.